The van der Waals surface area contributed by atoms with Crippen molar-refractivity contribution in [2.24, 2.45) is 5.92 Å². The number of nitrogens with one attached hydrogen (secondary N) is 1. The van der Waals surface area contributed by atoms with Crippen molar-refractivity contribution in [3.8, 4) is 0 Å². The monoisotopic (exact) mass is 275 g/mol. The number of hydrogen-bond acceptors (Lipinski definition) is 5. The standard InChI is InChI=1S/C15H25N5/c1-9(2)14-18-13(16)10(3)15(19-14)17-12-8-20-6-4-11(12)5-7-20/h9,11-12H,4-8H2,1-3H3,(H3,16,17,18,19). The second-order valence-corrected chi connectivity index (χ2v) is 6.48. The fourth-order valence-corrected chi connectivity index (χ4v) is 3.25. The zero-order valence-electron chi connectivity index (χ0n) is 12.7. The average Bonchev–Trinajstić information content (AvgIpc) is 2.44. The number of rotatable bonds is 3. The first-order valence-corrected chi connectivity index (χ1v) is 7.67. The summed E-state index contributed by atoms with van der Waals surface area (Å²) in [7, 11) is 0. The Labute approximate surface area is 121 Å². The van der Waals surface area contributed by atoms with E-state index in [0.717, 1.165) is 29.7 Å². The van der Waals surface area contributed by atoms with Gasteiger partial charge < -0.3 is 16.0 Å². The molecule has 4 heterocycles. The van der Waals surface area contributed by atoms with Gasteiger partial charge >= 0.3 is 0 Å². The molecule has 0 radical (unpaired) electrons. The summed E-state index contributed by atoms with van der Waals surface area (Å²) in [5.74, 6) is 3.44. The fourth-order valence-electron chi connectivity index (χ4n) is 3.25. The molecule has 5 nitrogen and oxygen atoms in total. The summed E-state index contributed by atoms with van der Waals surface area (Å²) in [6, 6.07) is 0.505. The topological polar surface area (TPSA) is 67.1 Å². The summed E-state index contributed by atoms with van der Waals surface area (Å²) in [6.07, 6.45) is 2.60. The minimum Gasteiger partial charge on any atom is -0.383 e. The van der Waals surface area contributed by atoms with E-state index < -0.39 is 0 Å². The van der Waals surface area contributed by atoms with Crippen LogP contribution in [0.3, 0.4) is 0 Å². The first-order chi connectivity index (χ1) is 9.54. The lowest BCUT2D eigenvalue weighted by Crippen LogP contribution is -2.53. The molecule has 3 N–H and O–H groups in total. The molecule has 3 aliphatic heterocycles. The molecule has 0 saturated carbocycles. The third-order valence-electron chi connectivity index (χ3n) is 4.70. The Bertz CT molecular complexity index is 491. The highest BCUT2D eigenvalue weighted by atomic mass is 15.2. The lowest BCUT2D eigenvalue weighted by Gasteiger charge is -2.45. The molecule has 2 bridgehead atoms. The van der Waals surface area contributed by atoms with Crippen LogP contribution in [0.2, 0.25) is 0 Å². The number of piperidine rings is 3. The van der Waals surface area contributed by atoms with Crippen LogP contribution >= 0.6 is 0 Å². The van der Waals surface area contributed by atoms with Gasteiger partial charge in [-0.3, -0.25) is 0 Å². The molecule has 5 heteroatoms. The van der Waals surface area contributed by atoms with Crippen molar-refractivity contribution in [3.05, 3.63) is 11.4 Å². The normalized spacial score (nSPS) is 28.9. The maximum atomic E-state index is 6.04. The predicted octanol–water partition coefficient (Wildman–Crippen LogP) is 2.00. The van der Waals surface area contributed by atoms with Gasteiger partial charge in [-0.1, -0.05) is 13.8 Å². The maximum Gasteiger partial charge on any atom is 0.135 e. The van der Waals surface area contributed by atoms with Gasteiger partial charge in [0.25, 0.3) is 0 Å². The summed E-state index contributed by atoms with van der Waals surface area (Å²) in [4.78, 5) is 11.6. The van der Waals surface area contributed by atoms with Crippen molar-refractivity contribution in [1.82, 2.24) is 14.9 Å². The first-order valence-electron chi connectivity index (χ1n) is 7.67. The van der Waals surface area contributed by atoms with Crippen LogP contribution < -0.4 is 11.1 Å². The molecular formula is C15H25N5. The van der Waals surface area contributed by atoms with Gasteiger partial charge in [0.15, 0.2) is 0 Å². The highest BCUT2D eigenvalue weighted by Gasteiger charge is 2.34. The second-order valence-electron chi connectivity index (χ2n) is 6.48. The quantitative estimate of drug-likeness (QED) is 0.883. The molecule has 3 aliphatic rings. The number of hydrogen-bond donors (Lipinski definition) is 2. The largest absolute Gasteiger partial charge is 0.383 e. The predicted molar refractivity (Wildman–Crippen MR) is 81.8 cm³/mol. The lowest BCUT2D eigenvalue weighted by molar-refractivity contribution is 0.0973. The van der Waals surface area contributed by atoms with E-state index in [4.69, 9.17) is 5.73 Å². The zero-order chi connectivity index (χ0) is 14.3. The number of nitrogens with two attached hydrogens (primary N) is 1. The van der Waals surface area contributed by atoms with E-state index in [0.29, 0.717) is 17.8 Å². The second kappa shape index (κ2) is 5.20. The molecular weight excluding hydrogens is 250 g/mol. The molecule has 3 fully saturated rings. The van der Waals surface area contributed by atoms with E-state index in [2.05, 4.69) is 34.0 Å². The molecule has 4 rings (SSSR count). The Morgan fingerprint density at radius 3 is 2.50 bits per heavy atom. The molecule has 3 saturated heterocycles. The van der Waals surface area contributed by atoms with Crippen molar-refractivity contribution in [3.63, 3.8) is 0 Å². The van der Waals surface area contributed by atoms with Gasteiger partial charge in [-0.05, 0) is 38.8 Å². The highest BCUT2D eigenvalue weighted by Crippen LogP contribution is 2.31. The Hall–Kier alpha value is -1.36. The number of fused-ring (bicyclic) bond motifs is 3. The summed E-state index contributed by atoms with van der Waals surface area (Å²) in [6.45, 7) is 9.84. The van der Waals surface area contributed by atoms with E-state index in [1.165, 1.54) is 25.9 Å². The van der Waals surface area contributed by atoms with Gasteiger partial charge in [-0.25, -0.2) is 9.97 Å². The van der Waals surface area contributed by atoms with Crippen LogP contribution in [0.1, 0.15) is 44.0 Å². The molecule has 1 unspecified atom stereocenters. The molecule has 110 valence electrons. The van der Waals surface area contributed by atoms with Gasteiger partial charge in [-0.2, -0.15) is 0 Å². The van der Waals surface area contributed by atoms with Gasteiger partial charge in [0.1, 0.15) is 17.5 Å². The summed E-state index contributed by atoms with van der Waals surface area (Å²) in [5, 5.41) is 3.64. The Kier molecular flexibility index (Phi) is 3.54. The number of nitrogen functional groups attached to an aromatic ring is 1. The smallest absolute Gasteiger partial charge is 0.135 e. The third kappa shape index (κ3) is 2.46. The van der Waals surface area contributed by atoms with Crippen LogP contribution in [0.4, 0.5) is 11.6 Å². The minimum atomic E-state index is 0.296. The highest BCUT2D eigenvalue weighted by molar-refractivity contribution is 5.55. The van der Waals surface area contributed by atoms with Gasteiger partial charge in [-0.15, -0.1) is 0 Å². The van der Waals surface area contributed by atoms with E-state index in [-0.39, 0.29) is 0 Å². The van der Waals surface area contributed by atoms with Crippen molar-refractivity contribution < 1.29 is 0 Å². The van der Waals surface area contributed by atoms with E-state index >= 15 is 0 Å². The van der Waals surface area contributed by atoms with Crippen molar-refractivity contribution in [2.45, 2.75) is 45.6 Å². The third-order valence-corrected chi connectivity index (χ3v) is 4.70. The SMILES string of the molecule is Cc1c(N)nc(C(C)C)nc1NC1CN2CCC1CC2. The first kappa shape index (κ1) is 13.6. The van der Waals surface area contributed by atoms with Gasteiger partial charge in [0.05, 0.1) is 0 Å². The van der Waals surface area contributed by atoms with Gasteiger partial charge in [0.2, 0.25) is 0 Å². The van der Waals surface area contributed by atoms with Crippen molar-refractivity contribution in [2.75, 3.05) is 30.7 Å². The summed E-state index contributed by atoms with van der Waals surface area (Å²) < 4.78 is 0. The summed E-state index contributed by atoms with van der Waals surface area (Å²) in [5.41, 5.74) is 7.02. The van der Waals surface area contributed by atoms with Crippen LogP contribution in [0.15, 0.2) is 0 Å². The molecule has 1 atom stereocenters. The van der Waals surface area contributed by atoms with Crippen molar-refractivity contribution in [1.29, 1.82) is 0 Å². The molecule has 20 heavy (non-hydrogen) atoms. The minimum absolute atomic E-state index is 0.296. The number of nitrogens with zero attached hydrogens (tertiary/aromatic N) is 3. The molecule has 1 aromatic rings. The Morgan fingerprint density at radius 2 is 1.95 bits per heavy atom. The van der Waals surface area contributed by atoms with Crippen LogP contribution in [0.25, 0.3) is 0 Å². The molecule has 0 amide bonds. The Balaban J connectivity index is 1.83. The van der Waals surface area contributed by atoms with E-state index in [1.807, 2.05) is 6.92 Å². The van der Waals surface area contributed by atoms with Crippen molar-refractivity contribution >= 4 is 11.6 Å². The Morgan fingerprint density at radius 1 is 1.25 bits per heavy atom. The molecule has 0 aliphatic carbocycles. The average molecular weight is 275 g/mol. The summed E-state index contributed by atoms with van der Waals surface area (Å²) >= 11 is 0. The van der Waals surface area contributed by atoms with Crippen LogP contribution in [0.5, 0.6) is 0 Å². The number of aromatic nitrogens is 2. The van der Waals surface area contributed by atoms with Crippen LogP contribution in [-0.2, 0) is 0 Å². The van der Waals surface area contributed by atoms with Crippen LogP contribution in [0, 0.1) is 12.8 Å². The maximum absolute atomic E-state index is 6.04. The fraction of sp³-hybridized carbons (Fsp3) is 0.733. The molecule has 0 spiro atoms. The molecule has 1 aromatic heterocycles. The van der Waals surface area contributed by atoms with Crippen LogP contribution in [-0.4, -0.2) is 40.5 Å². The number of anilines is 2. The van der Waals surface area contributed by atoms with E-state index in [1.54, 1.807) is 0 Å². The zero-order valence-corrected chi connectivity index (χ0v) is 12.7. The lowest BCUT2D eigenvalue weighted by atomic mass is 9.84. The molecule has 0 aromatic carbocycles. The van der Waals surface area contributed by atoms with Gasteiger partial charge in [0, 0.05) is 24.1 Å². The van der Waals surface area contributed by atoms with E-state index in [9.17, 15) is 0 Å².